The van der Waals surface area contributed by atoms with E-state index in [2.05, 4.69) is 0 Å². The summed E-state index contributed by atoms with van der Waals surface area (Å²) in [6.07, 6.45) is 0. The van der Waals surface area contributed by atoms with Crippen molar-refractivity contribution in [1.82, 2.24) is 0 Å². The molecule has 0 N–H and O–H groups in total. The summed E-state index contributed by atoms with van der Waals surface area (Å²) < 4.78 is 8.36. The summed E-state index contributed by atoms with van der Waals surface area (Å²) in [5.41, 5.74) is 0. The molecule has 0 rings (SSSR count). The quantitative estimate of drug-likeness (QED) is 0.428. The normalized spacial score (nSPS) is 0.750. The first-order valence-corrected chi connectivity index (χ1v) is 1.49. The van der Waals surface area contributed by atoms with Crippen molar-refractivity contribution >= 4 is 0 Å². The number of hydrogen-bond acceptors (Lipinski definition) is 1. The van der Waals surface area contributed by atoms with Gasteiger partial charge in [-0.2, -0.15) is 0 Å². The summed E-state index contributed by atoms with van der Waals surface area (Å²) in [5.74, 6) is 0. The molecular weight excluding hydrogens is 343 g/mol. The fourth-order valence-electron chi connectivity index (χ4n) is 0. The second kappa shape index (κ2) is 18.4. The Morgan fingerprint density at radius 3 is 1.50 bits per heavy atom. The first-order chi connectivity index (χ1) is 1.00. The van der Waals surface area contributed by atoms with Crippen LogP contribution in [0, 0.1) is 35.6 Å². The van der Waals surface area contributed by atoms with Gasteiger partial charge in [0.2, 0.25) is 0 Å². The van der Waals surface area contributed by atoms with Crippen LogP contribution in [-0.4, -0.2) is 0 Å². The van der Waals surface area contributed by atoms with Crippen molar-refractivity contribution < 1.29 is 80.2 Å². The van der Waals surface area contributed by atoms with E-state index in [4.69, 9.17) is 3.25 Å². The SMILES string of the molecule is [H-].[La].[Li+].[O]=[Ta]. The molecule has 0 amide bonds. The minimum atomic E-state index is 0. The fraction of sp³-hybridized carbons (Fsp3) is 0. The van der Waals surface area contributed by atoms with E-state index in [9.17, 15) is 0 Å². The van der Waals surface area contributed by atoms with Gasteiger partial charge >= 0.3 is 43.2 Å². The van der Waals surface area contributed by atoms with E-state index in [-0.39, 0.29) is 76.9 Å². The summed E-state index contributed by atoms with van der Waals surface area (Å²) >= 11 is 0.194. The Morgan fingerprint density at radius 2 is 1.50 bits per heavy atom. The zero-order chi connectivity index (χ0) is 2.00. The van der Waals surface area contributed by atoms with Crippen LogP contribution in [0.5, 0.6) is 0 Å². The fourth-order valence-corrected chi connectivity index (χ4v) is 0. The Hall–Kier alpha value is 2.33. The van der Waals surface area contributed by atoms with Gasteiger partial charge in [0.15, 0.2) is 0 Å². The van der Waals surface area contributed by atoms with Gasteiger partial charge < -0.3 is 1.43 Å². The first-order valence-electron chi connectivity index (χ1n) is 0.183. The third kappa shape index (κ3) is 8.84. The Bertz CT molecular complexity index is 11.6. The summed E-state index contributed by atoms with van der Waals surface area (Å²) in [5, 5.41) is 0. The molecule has 0 aliphatic carbocycles. The molecular formula is HLaLiOTa. The molecule has 0 atom stereocenters. The van der Waals surface area contributed by atoms with Gasteiger partial charge in [-0.15, -0.1) is 0 Å². The van der Waals surface area contributed by atoms with Gasteiger partial charge in [0.25, 0.3) is 0 Å². The molecule has 4 heteroatoms. The van der Waals surface area contributed by atoms with Gasteiger partial charge in [0.05, 0.1) is 0 Å². The van der Waals surface area contributed by atoms with Crippen molar-refractivity contribution in [3.05, 3.63) is 0 Å². The molecule has 0 aromatic heterocycles. The summed E-state index contributed by atoms with van der Waals surface area (Å²) in [4.78, 5) is 0. The standard InChI is InChI=1S/La.Li.O.Ta.H/q;+1;;;-1. The maximum atomic E-state index is 8.36. The van der Waals surface area contributed by atoms with Crippen LogP contribution in [0.25, 0.3) is 0 Å². The molecule has 1 nitrogen and oxygen atoms in total. The second-order valence-electron chi connectivity index (χ2n) is 0. The van der Waals surface area contributed by atoms with Gasteiger partial charge in [-0.25, -0.2) is 0 Å². The molecule has 0 bridgehead atoms. The van der Waals surface area contributed by atoms with Crippen molar-refractivity contribution in [1.29, 1.82) is 0 Å². The van der Waals surface area contributed by atoms with Crippen LogP contribution in [0.4, 0.5) is 0 Å². The van der Waals surface area contributed by atoms with Gasteiger partial charge in [0, 0.05) is 35.6 Å². The van der Waals surface area contributed by atoms with Crippen LogP contribution >= 0.6 is 0 Å². The van der Waals surface area contributed by atoms with Crippen LogP contribution in [0.2, 0.25) is 0 Å². The molecule has 0 aliphatic rings. The third-order valence-electron chi connectivity index (χ3n) is 0. The zero-order valence-corrected chi connectivity index (χ0v) is 9.27. The topological polar surface area (TPSA) is 17.1 Å². The van der Waals surface area contributed by atoms with Crippen LogP contribution in [0.15, 0.2) is 0 Å². The Labute approximate surface area is 78.8 Å². The Balaban J connectivity index is -0.00000000167. The van der Waals surface area contributed by atoms with Crippen molar-refractivity contribution in [3.63, 3.8) is 0 Å². The second-order valence-corrected chi connectivity index (χ2v) is 0. The molecule has 4 heavy (non-hydrogen) atoms. The summed E-state index contributed by atoms with van der Waals surface area (Å²) in [7, 11) is 0. The predicted molar refractivity (Wildman–Crippen MR) is 1.80 cm³/mol. The Kier molecular flexibility index (Phi) is 74.6. The van der Waals surface area contributed by atoms with Crippen molar-refractivity contribution in [2.75, 3.05) is 0 Å². The van der Waals surface area contributed by atoms with Crippen molar-refractivity contribution in [3.8, 4) is 0 Å². The van der Waals surface area contributed by atoms with E-state index in [1.807, 2.05) is 0 Å². The molecule has 0 spiro atoms. The van der Waals surface area contributed by atoms with E-state index in [0.717, 1.165) is 0 Å². The summed E-state index contributed by atoms with van der Waals surface area (Å²) in [6.45, 7) is 0. The molecule has 0 heterocycles. The van der Waals surface area contributed by atoms with Gasteiger partial charge in [-0.1, -0.05) is 0 Å². The van der Waals surface area contributed by atoms with Crippen LogP contribution in [0.3, 0.4) is 0 Å². The van der Waals surface area contributed by atoms with E-state index in [0.29, 0.717) is 0 Å². The minimum absolute atomic E-state index is 0. The van der Waals surface area contributed by atoms with E-state index < -0.39 is 0 Å². The van der Waals surface area contributed by atoms with Gasteiger partial charge in [-0.05, 0) is 0 Å². The van der Waals surface area contributed by atoms with Crippen LogP contribution in [-0.2, 0) is 24.3 Å². The van der Waals surface area contributed by atoms with E-state index >= 15 is 0 Å². The van der Waals surface area contributed by atoms with Gasteiger partial charge in [0.1, 0.15) is 0 Å². The third-order valence-corrected chi connectivity index (χ3v) is 0. The molecule has 0 saturated heterocycles. The molecule has 0 aromatic carbocycles. The number of hydrogen-bond donors (Lipinski definition) is 0. The molecule has 0 aliphatic heterocycles. The Morgan fingerprint density at radius 1 is 1.50 bits per heavy atom. The van der Waals surface area contributed by atoms with E-state index in [1.54, 1.807) is 0 Å². The number of rotatable bonds is 0. The summed E-state index contributed by atoms with van der Waals surface area (Å²) in [6, 6.07) is 0. The average molecular weight is 344 g/mol. The molecule has 0 aromatic rings. The van der Waals surface area contributed by atoms with Gasteiger partial charge in [-0.3, -0.25) is 0 Å². The molecule has 0 saturated carbocycles. The molecule has 16 valence electrons. The van der Waals surface area contributed by atoms with Crippen LogP contribution in [0.1, 0.15) is 1.43 Å². The van der Waals surface area contributed by atoms with E-state index in [1.165, 1.54) is 0 Å². The molecule has 0 fully saturated rings. The maximum absolute atomic E-state index is 8.36. The molecule has 0 unspecified atom stereocenters. The van der Waals surface area contributed by atoms with Crippen molar-refractivity contribution in [2.45, 2.75) is 0 Å². The monoisotopic (exact) mass is 344 g/mol. The predicted octanol–water partition coefficient (Wildman–Crippen LogP) is -3.00. The average Bonchev–Trinajstić information content (AvgIpc) is 1.00. The molecule has 1 radical (unpaired) electrons. The van der Waals surface area contributed by atoms with Crippen LogP contribution < -0.4 is 18.9 Å². The zero-order valence-electron chi connectivity index (χ0n) is 3.43. The van der Waals surface area contributed by atoms with Crippen molar-refractivity contribution in [2.24, 2.45) is 0 Å². The first kappa shape index (κ1) is 16.2.